The van der Waals surface area contributed by atoms with Crippen LogP contribution in [0.2, 0.25) is 0 Å². The first-order valence-corrected chi connectivity index (χ1v) is 0.224. The quantitative estimate of drug-likeness (QED) is 0.157. The molecule has 0 saturated carbocycles. The molecule has 0 aliphatic rings. The maximum Gasteiger partial charge on any atom is 0 e. The van der Waals surface area contributed by atoms with E-state index in [0.29, 0.717) is 0 Å². The smallest absolute Gasteiger partial charge is 0 e. The Morgan fingerprint density at radius 3 is 0.700 bits per heavy atom. The molecule has 0 aromatic carbocycles. The van der Waals surface area contributed by atoms with E-state index in [-0.39, 0.29) is 122 Å². The minimum absolute atomic E-state index is 0. The summed E-state index contributed by atoms with van der Waals surface area (Å²) < 4.78 is 0. The van der Waals surface area contributed by atoms with Gasteiger partial charge in [-0.05, 0) is 0 Å². The predicted octanol–water partition coefficient (Wildman–Crippen LogP) is -2.06. The third-order valence-electron chi connectivity index (χ3n) is 0. The van der Waals surface area contributed by atoms with E-state index < -0.39 is 0 Å². The van der Waals surface area contributed by atoms with Gasteiger partial charge in [0.05, 0.1) is 0 Å². The van der Waals surface area contributed by atoms with Crippen molar-refractivity contribution in [3.8, 4) is 0 Å². The molecule has 0 spiro atoms. The monoisotopic (exact) mass is 388 g/mol. The molecule has 0 aliphatic carbocycles. The second-order valence-corrected chi connectivity index (χ2v) is 0. The summed E-state index contributed by atoms with van der Waals surface area (Å²) in [5, 5.41) is 6.25. The Bertz CT molecular complexity index is 25.2. The average Bonchev–Trinajstić information content (AvgIpc) is 1.00. The molecule has 0 unspecified atom stereocenters. The summed E-state index contributed by atoms with van der Waals surface area (Å²) in [6, 6.07) is 0. The van der Waals surface area contributed by atoms with Gasteiger partial charge in [-0.3, -0.25) is 0 Å². The number of hydrogen-bond acceptors (Lipinski definition) is 3. The van der Waals surface area contributed by atoms with Crippen molar-refractivity contribution < 1.29 is 67.7 Å². The first-order chi connectivity index (χ1) is 1.00. The molecule has 9 heteroatoms. The van der Waals surface area contributed by atoms with Crippen molar-refractivity contribution in [2.75, 3.05) is 0 Å². The standard InChI is InChI=1S/CN.3Fe.Ni.4H2S/c1-2;;;;;;;;/h;;;;;4*1H2/q-1;;;;;;;;. The Balaban J connectivity index is -0.000000000179. The Kier molecular flexibility index (Phi) is 1960. The Labute approximate surface area is 132 Å². The summed E-state index contributed by atoms with van der Waals surface area (Å²) >= 11 is 0. The normalized spacial score (nSPS) is 0.200. The Morgan fingerprint density at radius 1 is 0.700 bits per heavy atom. The molecule has 0 bridgehead atoms. The summed E-state index contributed by atoms with van der Waals surface area (Å²) in [4.78, 5) is 0. The zero-order valence-corrected chi connectivity index (χ0v) is 12.8. The second-order valence-electron chi connectivity index (χ2n) is 0. The van der Waals surface area contributed by atoms with Gasteiger partial charge in [-0.25, -0.2) is 0 Å². The van der Waals surface area contributed by atoms with E-state index in [1.807, 2.05) is 0 Å². The van der Waals surface area contributed by atoms with E-state index >= 15 is 0 Å². The molecule has 0 aliphatic heterocycles. The molecule has 1 nitrogen and oxygen atoms in total. The molecule has 0 N–H and O–H groups in total. The Hall–Kier alpha value is 2.94. The van der Waals surface area contributed by atoms with Crippen LogP contribution in [0.4, 0.5) is 0 Å². The number of thiol groups is 2. The van der Waals surface area contributed by atoms with Gasteiger partial charge in [0, 0.05) is 67.7 Å². The fraction of sp³-hybridized carbons (Fsp3) is 0. The van der Waals surface area contributed by atoms with Gasteiger partial charge < -0.3 is 38.8 Å². The van der Waals surface area contributed by atoms with Crippen LogP contribution in [-0.4, -0.2) is 0 Å². The van der Waals surface area contributed by atoms with Crippen LogP contribution in [0.3, 0.4) is 0 Å². The number of rotatable bonds is 0. The van der Waals surface area contributed by atoms with E-state index in [2.05, 4.69) is 0 Å². The molecular formula is CH8Fe3NNiS4-. The van der Waals surface area contributed by atoms with Gasteiger partial charge in [0.2, 0.25) is 0 Å². The van der Waals surface area contributed by atoms with Crippen molar-refractivity contribution in [2.24, 2.45) is 0 Å². The maximum atomic E-state index is 6.25. The second kappa shape index (κ2) is 165. The first-order valence-electron chi connectivity index (χ1n) is 0.224. The van der Waals surface area contributed by atoms with Crippen LogP contribution in [0, 0.1) is 11.8 Å². The van der Waals surface area contributed by atoms with Crippen molar-refractivity contribution in [1.82, 2.24) is 0 Å². The van der Waals surface area contributed by atoms with Crippen LogP contribution in [0.15, 0.2) is 0 Å². The van der Waals surface area contributed by atoms with Crippen LogP contribution >= 0.6 is 0 Å². The van der Waals surface area contributed by atoms with Crippen LogP contribution in [-0.2, 0) is 122 Å². The van der Waals surface area contributed by atoms with E-state index in [1.54, 1.807) is 0 Å². The van der Waals surface area contributed by atoms with Crippen molar-refractivity contribution in [1.29, 1.82) is 5.26 Å². The van der Waals surface area contributed by atoms with E-state index in [4.69, 9.17) is 11.8 Å². The molecule has 0 fully saturated rings. The van der Waals surface area contributed by atoms with Crippen molar-refractivity contribution >= 4 is 54.0 Å². The first kappa shape index (κ1) is 119. The summed E-state index contributed by atoms with van der Waals surface area (Å²) in [5.41, 5.74) is 0. The molecule has 0 aromatic heterocycles. The summed E-state index contributed by atoms with van der Waals surface area (Å²) in [6.07, 6.45) is 0. The fourth-order valence-corrected chi connectivity index (χ4v) is 0. The van der Waals surface area contributed by atoms with Crippen molar-refractivity contribution in [2.45, 2.75) is 0 Å². The van der Waals surface area contributed by atoms with E-state index in [9.17, 15) is 0 Å². The van der Waals surface area contributed by atoms with Crippen molar-refractivity contribution in [3.05, 3.63) is 6.57 Å². The van der Waals surface area contributed by atoms with Gasteiger partial charge in [-0.1, -0.05) is 27.0 Å². The molecular weight excluding hydrogens is 381 g/mol. The predicted molar refractivity (Wildman–Crippen MR) is 45.6 cm³/mol. The van der Waals surface area contributed by atoms with Crippen LogP contribution < -0.4 is 0 Å². The minimum Gasteiger partial charge on any atom is -0.813 e. The van der Waals surface area contributed by atoms with Gasteiger partial charge in [0.25, 0.3) is 0 Å². The molecule has 0 radical (unpaired) electrons. The van der Waals surface area contributed by atoms with Crippen LogP contribution in [0.1, 0.15) is 0 Å². The third-order valence-corrected chi connectivity index (χ3v) is 0. The fourth-order valence-electron chi connectivity index (χ4n) is 0. The molecule has 0 saturated heterocycles. The number of nitrogens with zero attached hydrogens (tertiary/aromatic N) is 1. The van der Waals surface area contributed by atoms with Gasteiger partial charge in [0.1, 0.15) is 0 Å². The van der Waals surface area contributed by atoms with E-state index in [0.717, 1.165) is 0 Å². The Morgan fingerprint density at radius 2 is 0.700 bits per heavy atom. The SMILES string of the molecule is [C-]#N.[Fe].[Fe].[Fe].[Ni].[SH-].[SH-].[SH3+].[SH3+]. The maximum absolute atomic E-state index is 6.25. The average molecular weight is 389 g/mol. The molecule has 0 heterocycles. The summed E-state index contributed by atoms with van der Waals surface area (Å²) in [6.45, 7) is 4.75. The molecule has 0 atom stereocenters. The van der Waals surface area contributed by atoms with Crippen molar-refractivity contribution in [3.63, 3.8) is 0 Å². The van der Waals surface area contributed by atoms with E-state index in [1.165, 1.54) is 0 Å². The third kappa shape index (κ3) is 125. The summed E-state index contributed by atoms with van der Waals surface area (Å²) in [7, 11) is 0. The topological polar surface area (TPSA) is 23.8 Å². The molecule has 0 aromatic rings. The van der Waals surface area contributed by atoms with Gasteiger partial charge in [-0.2, -0.15) is 0 Å². The largest absolute Gasteiger partial charge is 0.813 e. The molecule has 10 heavy (non-hydrogen) atoms. The zero-order valence-electron chi connectivity index (χ0n) is 4.37. The molecule has 0 amide bonds. The van der Waals surface area contributed by atoms with Crippen LogP contribution in [0.25, 0.3) is 0 Å². The van der Waals surface area contributed by atoms with Gasteiger partial charge in [0.15, 0.2) is 0 Å². The zero-order chi connectivity index (χ0) is 2.00. The van der Waals surface area contributed by atoms with Gasteiger partial charge in [-0.15, -0.1) is 0 Å². The molecule has 0 rings (SSSR count). The molecule has 76 valence electrons. The minimum atomic E-state index is 0. The van der Waals surface area contributed by atoms with Crippen LogP contribution in [0.5, 0.6) is 0 Å². The van der Waals surface area contributed by atoms with Gasteiger partial charge >= 0.3 is 0 Å². The summed E-state index contributed by atoms with van der Waals surface area (Å²) in [5.74, 6) is 0. The number of hydrogen-bond donors (Lipinski definition) is 0.